The molecule has 1 fully saturated rings. The number of anilines is 2. The lowest BCUT2D eigenvalue weighted by atomic mass is 10.1. The molecule has 0 atom stereocenters. The summed E-state index contributed by atoms with van der Waals surface area (Å²) in [6, 6.07) is 21.3. The van der Waals surface area contributed by atoms with Gasteiger partial charge in [-0.15, -0.1) is 0 Å². The molecule has 2 heterocycles. The first-order valence-corrected chi connectivity index (χ1v) is 13.2. The van der Waals surface area contributed by atoms with Crippen LogP contribution in [0, 0.1) is 6.92 Å². The van der Waals surface area contributed by atoms with Gasteiger partial charge in [0.25, 0.3) is 11.8 Å². The highest BCUT2D eigenvalue weighted by Gasteiger charge is 2.24. The third-order valence-corrected chi connectivity index (χ3v) is 7.37. The molecule has 3 aromatic carbocycles. The number of nitrogens with one attached hydrogen (secondary N) is 1. The summed E-state index contributed by atoms with van der Waals surface area (Å²) in [4.78, 5) is 29.7. The summed E-state index contributed by atoms with van der Waals surface area (Å²) in [6.45, 7) is 4.46. The van der Waals surface area contributed by atoms with Crippen molar-refractivity contribution in [3.05, 3.63) is 105 Å². The highest BCUT2D eigenvalue weighted by atomic mass is 35.5. The summed E-state index contributed by atoms with van der Waals surface area (Å²) in [5.74, 6) is 0.241. The van der Waals surface area contributed by atoms with Crippen molar-refractivity contribution in [1.82, 2.24) is 4.90 Å². The molecule has 2 amide bonds. The number of carbonyl (C=O) groups is 2. The van der Waals surface area contributed by atoms with Crippen molar-refractivity contribution < 1.29 is 14.0 Å². The molecule has 0 spiro atoms. The molecule has 0 radical (unpaired) electrons. The highest BCUT2D eigenvalue weighted by molar-refractivity contribution is 6.36. The first kappa shape index (κ1) is 26.2. The lowest BCUT2D eigenvalue weighted by molar-refractivity contribution is 0.0746. The molecule has 1 aromatic heterocycles. The summed E-state index contributed by atoms with van der Waals surface area (Å²) in [5.41, 5.74) is 3.74. The number of piperazine rings is 1. The molecule has 194 valence electrons. The van der Waals surface area contributed by atoms with Gasteiger partial charge in [0.2, 0.25) is 0 Å². The van der Waals surface area contributed by atoms with E-state index in [1.54, 1.807) is 42.5 Å². The number of furan rings is 1. The van der Waals surface area contributed by atoms with E-state index in [9.17, 15) is 9.59 Å². The predicted octanol–water partition coefficient (Wildman–Crippen LogP) is 7.43. The maximum absolute atomic E-state index is 12.9. The van der Waals surface area contributed by atoms with Crippen molar-refractivity contribution >= 4 is 58.0 Å². The number of halogens is 3. The summed E-state index contributed by atoms with van der Waals surface area (Å²) in [7, 11) is 0. The number of rotatable bonds is 5. The maximum Gasteiger partial charge on any atom is 0.291 e. The Kier molecular flexibility index (Phi) is 7.65. The lowest BCUT2D eigenvalue weighted by Crippen LogP contribution is -2.49. The first-order valence-electron chi connectivity index (χ1n) is 12.1. The lowest BCUT2D eigenvalue weighted by Gasteiger charge is -2.36. The number of benzene rings is 3. The fourth-order valence-electron chi connectivity index (χ4n) is 4.46. The van der Waals surface area contributed by atoms with Crippen LogP contribution in [0.5, 0.6) is 0 Å². The minimum absolute atomic E-state index is 0.0475. The number of aryl methyl sites for hydroxylation is 1. The number of hydrogen-bond donors (Lipinski definition) is 1. The Balaban J connectivity index is 1.21. The molecule has 0 unspecified atom stereocenters. The second kappa shape index (κ2) is 11.1. The van der Waals surface area contributed by atoms with Gasteiger partial charge in [-0.25, -0.2) is 0 Å². The standard InChI is InChI=1S/C29H24Cl3N3O3/c1-18-4-2-3-5-21(18)29(37)35-14-12-34(13-15-35)25-9-7-20(17-24(25)32)33-28(36)27-11-10-26(38-27)22-8-6-19(30)16-23(22)31/h2-11,16-17H,12-15H2,1H3,(H,33,36). The third-order valence-electron chi connectivity index (χ3n) is 6.51. The van der Waals surface area contributed by atoms with Crippen molar-refractivity contribution in [3.8, 4) is 11.3 Å². The molecule has 1 N–H and O–H groups in total. The van der Waals surface area contributed by atoms with Crippen LogP contribution in [0.2, 0.25) is 15.1 Å². The average Bonchev–Trinajstić information content (AvgIpc) is 3.39. The molecule has 9 heteroatoms. The zero-order valence-electron chi connectivity index (χ0n) is 20.5. The van der Waals surface area contributed by atoms with Gasteiger partial charge in [-0.05, 0) is 67.1 Å². The van der Waals surface area contributed by atoms with Gasteiger partial charge in [0, 0.05) is 48.0 Å². The number of nitrogens with zero attached hydrogens (tertiary/aromatic N) is 2. The van der Waals surface area contributed by atoms with E-state index in [0.717, 1.165) is 16.8 Å². The van der Waals surface area contributed by atoms with E-state index < -0.39 is 5.91 Å². The van der Waals surface area contributed by atoms with Crippen LogP contribution in [0.25, 0.3) is 11.3 Å². The number of carbonyl (C=O) groups excluding carboxylic acids is 2. The van der Waals surface area contributed by atoms with Gasteiger partial charge >= 0.3 is 0 Å². The van der Waals surface area contributed by atoms with Crippen molar-refractivity contribution in [1.29, 1.82) is 0 Å². The SMILES string of the molecule is Cc1ccccc1C(=O)N1CCN(c2ccc(NC(=O)c3ccc(-c4ccc(Cl)cc4Cl)o3)cc2Cl)CC1. The fourth-order valence-corrected chi connectivity index (χ4v) is 5.26. The Bertz CT molecular complexity index is 1510. The fraction of sp³-hybridized carbons (Fsp3) is 0.172. The predicted molar refractivity (Wildman–Crippen MR) is 153 cm³/mol. The first-order chi connectivity index (χ1) is 18.3. The van der Waals surface area contributed by atoms with Crippen LogP contribution in [0.3, 0.4) is 0 Å². The van der Waals surface area contributed by atoms with Crippen LogP contribution in [0.1, 0.15) is 26.5 Å². The zero-order chi connectivity index (χ0) is 26.8. The van der Waals surface area contributed by atoms with Crippen molar-refractivity contribution in [2.75, 3.05) is 36.4 Å². The van der Waals surface area contributed by atoms with E-state index >= 15 is 0 Å². The normalized spacial score (nSPS) is 13.5. The molecule has 1 aliphatic rings. The van der Waals surface area contributed by atoms with Gasteiger partial charge in [-0.1, -0.05) is 53.0 Å². The Morgan fingerprint density at radius 2 is 1.61 bits per heavy atom. The zero-order valence-corrected chi connectivity index (χ0v) is 22.8. The van der Waals surface area contributed by atoms with Gasteiger partial charge in [0.05, 0.1) is 15.7 Å². The molecule has 5 rings (SSSR count). The van der Waals surface area contributed by atoms with E-state index in [4.69, 9.17) is 39.2 Å². The van der Waals surface area contributed by atoms with E-state index in [1.165, 1.54) is 0 Å². The van der Waals surface area contributed by atoms with Gasteiger partial charge in [0.15, 0.2) is 5.76 Å². The number of amides is 2. The molecule has 38 heavy (non-hydrogen) atoms. The monoisotopic (exact) mass is 567 g/mol. The van der Waals surface area contributed by atoms with Crippen LogP contribution in [0.4, 0.5) is 11.4 Å². The van der Waals surface area contributed by atoms with Gasteiger partial charge < -0.3 is 19.5 Å². The molecular weight excluding hydrogens is 545 g/mol. The van der Waals surface area contributed by atoms with Gasteiger partial charge in [-0.2, -0.15) is 0 Å². The quantitative estimate of drug-likeness (QED) is 0.272. The minimum atomic E-state index is -0.409. The van der Waals surface area contributed by atoms with E-state index in [-0.39, 0.29) is 11.7 Å². The topological polar surface area (TPSA) is 65.8 Å². The van der Waals surface area contributed by atoms with E-state index in [1.807, 2.05) is 42.2 Å². The average molecular weight is 569 g/mol. The third kappa shape index (κ3) is 5.53. The summed E-state index contributed by atoms with van der Waals surface area (Å²) >= 11 is 18.8. The van der Waals surface area contributed by atoms with Crippen molar-refractivity contribution in [2.24, 2.45) is 0 Å². The summed E-state index contributed by atoms with van der Waals surface area (Å²) in [6.07, 6.45) is 0. The molecule has 6 nitrogen and oxygen atoms in total. The molecule has 0 bridgehead atoms. The Morgan fingerprint density at radius 1 is 0.842 bits per heavy atom. The van der Waals surface area contributed by atoms with Crippen molar-refractivity contribution in [3.63, 3.8) is 0 Å². The molecule has 4 aromatic rings. The molecule has 1 aliphatic heterocycles. The smallest absolute Gasteiger partial charge is 0.291 e. The van der Waals surface area contributed by atoms with E-state index in [0.29, 0.717) is 58.3 Å². The number of hydrogen-bond acceptors (Lipinski definition) is 4. The van der Waals surface area contributed by atoms with Crippen molar-refractivity contribution in [2.45, 2.75) is 6.92 Å². The second-order valence-corrected chi connectivity index (χ2v) is 10.3. The molecule has 1 saturated heterocycles. The second-order valence-electron chi connectivity index (χ2n) is 9.00. The van der Waals surface area contributed by atoms with Crippen LogP contribution in [-0.2, 0) is 0 Å². The van der Waals surface area contributed by atoms with Crippen LogP contribution in [0.15, 0.2) is 77.2 Å². The van der Waals surface area contributed by atoms with Gasteiger partial charge in [0.1, 0.15) is 5.76 Å². The Hall–Kier alpha value is -3.45. The van der Waals surface area contributed by atoms with Gasteiger partial charge in [-0.3, -0.25) is 9.59 Å². The summed E-state index contributed by atoms with van der Waals surface area (Å²) < 4.78 is 5.73. The highest BCUT2D eigenvalue weighted by Crippen LogP contribution is 2.33. The van der Waals surface area contributed by atoms with Crippen LogP contribution >= 0.6 is 34.8 Å². The largest absolute Gasteiger partial charge is 0.451 e. The Morgan fingerprint density at radius 3 is 2.32 bits per heavy atom. The van der Waals surface area contributed by atoms with Crippen LogP contribution < -0.4 is 10.2 Å². The maximum atomic E-state index is 12.9. The minimum Gasteiger partial charge on any atom is -0.451 e. The van der Waals surface area contributed by atoms with E-state index in [2.05, 4.69) is 10.2 Å². The van der Waals surface area contributed by atoms with Crippen LogP contribution in [-0.4, -0.2) is 42.9 Å². The summed E-state index contributed by atoms with van der Waals surface area (Å²) in [5, 5.41) is 4.28. The Labute approximate surface area is 235 Å². The molecular formula is C29H24Cl3N3O3. The molecule has 0 aliphatic carbocycles. The molecule has 0 saturated carbocycles.